The van der Waals surface area contributed by atoms with Gasteiger partial charge in [-0.15, -0.1) is 5.10 Å². The van der Waals surface area contributed by atoms with E-state index in [1.165, 1.54) is 0 Å². The summed E-state index contributed by atoms with van der Waals surface area (Å²) in [6.45, 7) is 5.69. The quantitative estimate of drug-likeness (QED) is 0.771. The first kappa shape index (κ1) is 12.2. The molecule has 2 aromatic heterocycles. The number of H-pyrrole nitrogens is 1. The average Bonchev–Trinajstić information content (AvgIpc) is 2.93. The van der Waals surface area contributed by atoms with Gasteiger partial charge in [0.25, 0.3) is 0 Å². The van der Waals surface area contributed by atoms with Crippen LogP contribution in [-0.4, -0.2) is 21.7 Å². The van der Waals surface area contributed by atoms with Crippen LogP contribution in [0.2, 0.25) is 0 Å². The van der Waals surface area contributed by atoms with Crippen molar-refractivity contribution in [2.45, 2.75) is 31.3 Å². The minimum Gasteiger partial charge on any atom is -0.464 e. The smallest absolute Gasteiger partial charge is 0.208 e. The summed E-state index contributed by atoms with van der Waals surface area (Å²) in [5.74, 6) is 3.50. The maximum absolute atomic E-state index is 5.67. The van der Waals surface area contributed by atoms with Gasteiger partial charge >= 0.3 is 0 Å². The van der Waals surface area contributed by atoms with Crippen LogP contribution < -0.4 is 5.32 Å². The van der Waals surface area contributed by atoms with Crippen molar-refractivity contribution in [1.29, 1.82) is 0 Å². The molecule has 0 saturated carbocycles. The number of hydrogen-bond donors (Lipinski definition) is 2. The van der Waals surface area contributed by atoms with Crippen LogP contribution in [0, 0.1) is 6.92 Å². The van der Waals surface area contributed by atoms with Gasteiger partial charge in [-0.1, -0.05) is 18.7 Å². The molecule has 17 heavy (non-hydrogen) atoms. The lowest BCUT2D eigenvalue weighted by molar-refractivity contribution is 0.462. The van der Waals surface area contributed by atoms with E-state index in [0.717, 1.165) is 41.3 Å². The van der Waals surface area contributed by atoms with Crippen molar-refractivity contribution in [3.63, 3.8) is 0 Å². The van der Waals surface area contributed by atoms with Gasteiger partial charge in [0.05, 0.1) is 12.3 Å². The molecule has 0 spiro atoms. The molecule has 0 atom stereocenters. The van der Waals surface area contributed by atoms with Gasteiger partial charge in [-0.3, -0.25) is 5.10 Å². The molecule has 0 amide bonds. The van der Waals surface area contributed by atoms with Crippen molar-refractivity contribution in [3.05, 3.63) is 29.5 Å². The highest BCUT2D eigenvalue weighted by atomic mass is 32.2. The maximum atomic E-state index is 5.67. The monoisotopic (exact) mass is 252 g/mol. The van der Waals surface area contributed by atoms with Crippen LogP contribution in [0.25, 0.3) is 0 Å². The van der Waals surface area contributed by atoms with Crippen molar-refractivity contribution >= 4 is 11.8 Å². The number of nitrogens with one attached hydrogen (secondary N) is 2. The fourth-order valence-electron chi connectivity index (χ4n) is 1.37. The highest BCUT2D eigenvalue weighted by Gasteiger charge is 2.05. The van der Waals surface area contributed by atoms with Gasteiger partial charge in [-0.25, -0.2) is 4.98 Å². The molecule has 2 heterocycles. The second-order valence-corrected chi connectivity index (χ2v) is 4.58. The number of hydrogen-bond acceptors (Lipinski definition) is 5. The standard InChI is InChI=1S/C11H16N4OS/c1-3-12-6-9-4-5-10(16-9)7-17-11-13-8(2)14-15-11/h4-5,12H,3,6-7H2,1-2H3,(H,13,14,15). The first-order valence-electron chi connectivity index (χ1n) is 5.58. The van der Waals surface area contributed by atoms with E-state index in [9.17, 15) is 0 Å². The molecule has 5 nitrogen and oxygen atoms in total. The van der Waals surface area contributed by atoms with Crippen molar-refractivity contribution in [3.8, 4) is 0 Å². The van der Waals surface area contributed by atoms with Crippen LogP contribution in [0.1, 0.15) is 24.3 Å². The van der Waals surface area contributed by atoms with Crippen molar-refractivity contribution in [2.75, 3.05) is 6.54 Å². The highest BCUT2D eigenvalue weighted by molar-refractivity contribution is 7.98. The zero-order valence-electron chi connectivity index (χ0n) is 9.99. The Bertz CT molecular complexity index is 465. The Morgan fingerprint density at radius 2 is 2.24 bits per heavy atom. The van der Waals surface area contributed by atoms with Crippen LogP contribution in [0.4, 0.5) is 0 Å². The molecule has 0 saturated heterocycles. The molecule has 0 aliphatic rings. The molecule has 0 bridgehead atoms. The molecule has 0 radical (unpaired) electrons. The summed E-state index contributed by atoms with van der Waals surface area (Å²) in [5, 5.41) is 10.9. The predicted molar refractivity (Wildman–Crippen MR) is 66.8 cm³/mol. The number of aryl methyl sites for hydroxylation is 1. The Morgan fingerprint density at radius 1 is 1.41 bits per heavy atom. The molecule has 92 valence electrons. The van der Waals surface area contributed by atoms with Gasteiger partial charge in [-0.2, -0.15) is 0 Å². The number of nitrogens with zero attached hydrogens (tertiary/aromatic N) is 2. The number of thioether (sulfide) groups is 1. The molecule has 0 aliphatic heterocycles. The Balaban J connectivity index is 1.84. The molecule has 0 aromatic carbocycles. The third kappa shape index (κ3) is 3.61. The molecule has 6 heteroatoms. The summed E-state index contributed by atoms with van der Waals surface area (Å²) < 4.78 is 5.67. The van der Waals surface area contributed by atoms with Gasteiger partial charge in [0.2, 0.25) is 5.16 Å². The molecule has 0 unspecified atom stereocenters. The van der Waals surface area contributed by atoms with E-state index in [4.69, 9.17) is 4.42 Å². The van der Waals surface area contributed by atoms with E-state index < -0.39 is 0 Å². The molecule has 0 fully saturated rings. The summed E-state index contributed by atoms with van der Waals surface area (Å²) in [4.78, 5) is 4.22. The lowest BCUT2D eigenvalue weighted by Crippen LogP contribution is -2.10. The van der Waals surface area contributed by atoms with E-state index in [0.29, 0.717) is 0 Å². The Kier molecular flexibility index (Phi) is 4.22. The fourth-order valence-corrected chi connectivity index (χ4v) is 2.10. The van der Waals surface area contributed by atoms with Gasteiger partial charge in [-0.05, 0) is 25.6 Å². The summed E-state index contributed by atoms with van der Waals surface area (Å²) in [6, 6.07) is 4.00. The van der Waals surface area contributed by atoms with E-state index in [-0.39, 0.29) is 0 Å². The molecule has 2 N–H and O–H groups in total. The molecular formula is C11H16N4OS. The maximum Gasteiger partial charge on any atom is 0.208 e. The van der Waals surface area contributed by atoms with E-state index in [1.54, 1.807) is 11.8 Å². The third-order valence-corrected chi connectivity index (χ3v) is 3.06. The minimum atomic E-state index is 0.753. The number of aromatic nitrogens is 3. The molecule has 0 aliphatic carbocycles. The molecule has 2 rings (SSSR count). The largest absolute Gasteiger partial charge is 0.464 e. The highest BCUT2D eigenvalue weighted by Crippen LogP contribution is 2.20. The van der Waals surface area contributed by atoms with Crippen molar-refractivity contribution in [1.82, 2.24) is 20.5 Å². The van der Waals surface area contributed by atoms with Gasteiger partial charge in [0.15, 0.2) is 0 Å². The molecular weight excluding hydrogens is 236 g/mol. The lowest BCUT2D eigenvalue weighted by atomic mass is 10.4. The van der Waals surface area contributed by atoms with Crippen LogP contribution in [0.5, 0.6) is 0 Å². The van der Waals surface area contributed by atoms with Crippen LogP contribution in [0.3, 0.4) is 0 Å². The lowest BCUT2D eigenvalue weighted by Gasteiger charge is -1.97. The van der Waals surface area contributed by atoms with Gasteiger partial charge in [0, 0.05) is 0 Å². The van der Waals surface area contributed by atoms with E-state index in [1.807, 2.05) is 19.1 Å². The third-order valence-electron chi connectivity index (χ3n) is 2.19. The second kappa shape index (κ2) is 5.88. The first-order chi connectivity index (χ1) is 8.28. The normalized spacial score (nSPS) is 10.9. The number of furan rings is 1. The summed E-state index contributed by atoms with van der Waals surface area (Å²) >= 11 is 1.56. The summed E-state index contributed by atoms with van der Waals surface area (Å²) in [7, 11) is 0. The topological polar surface area (TPSA) is 66.7 Å². The van der Waals surface area contributed by atoms with Crippen LogP contribution in [-0.2, 0) is 12.3 Å². The first-order valence-corrected chi connectivity index (χ1v) is 6.56. The number of aromatic amines is 1. The Morgan fingerprint density at radius 3 is 2.94 bits per heavy atom. The molecule has 2 aromatic rings. The van der Waals surface area contributed by atoms with Crippen LogP contribution >= 0.6 is 11.8 Å². The average molecular weight is 252 g/mol. The SMILES string of the molecule is CCNCc1ccc(CSc2n[nH]c(C)n2)o1. The zero-order chi connectivity index (χ0) is 12.1. The Hall–Kier alpha value is -1.27. The summed E-state index contributed by atoms with van der Waals surface area (Å²) in [6.07, 6.45) is 0. The van der Waals surface area contributed by atoms with Crippen LogP contribution in [0.15, 0.2) is 21.7 Å². The predicted octanol–water partition coefficient (Wildman–Crippen LogP) is 2.11. The number of rotatable bonds is 6. The fraction of sp³-hybridized carbons (Fsp3) is 0.455. The van der Waals surface area contributed by atoms with E-state index >= 15 is 0 Å². The minimum absolute atomic E-state index is 0.753. The second-order valence-electron chi connectivity index (χ2n) is 3.64. The zero-order valence-corrected chi connectivity index (χ0v) is 10.8. The van der Waals surface area contributed by atoms with Gasteiger partial charge in [0.1, 0.15) is 17.3 Å². The van der Waals surface area contributed by atoms with Gasteiger partial charge < -0.3 is 9.73 Å². The Labute approximate surface area is 104 Å². The van der Waals surface area contributed by atoms with E-state index in [2.05, 4.69) is 27.4 Å². The summed E-state index contributed by atoms with van der Waals surface area (Å²) in [5.41, 5.74) is 0. The van der Waals surface area contributed by atoms with Crippen molar-refractivity contribution < 1.29 is 4.42 Å². The van der Waals surface area contributed by atoms with Crippen molar-refractivity contribution in [2.24, 2.45) is 0 Å².